The molecule has 0 heterocycles. The van der Waals surface area contributed by atoms with Gasteiger partial charge in [-0.15, -0.1) is 0 Å². The second-order valence-corrected chi connectivity index (χ2v) is 26.0. The van der Waals surface area contributed by atoms with Gasteiger partial charge in [-0.05, 0) is 70.6 Å². The number of nitrogens with zero attached hydrogens (tertiary/aromatic N) is 1. The SMILES string of the molecule is CC/C=C\C/C=C\C/C=C\C/C=C\C/C=C\C/C=C\C/C=C\CCCCCCCCCCCCCCCCCC(=O)NC(COP(=O)(O)OCC[N+](C)(C)C)C(O)CCCCCCCCCCCCCCCCCCCCCCCC. The summed E-state index contributed by atoms with van der Waals surface area (Å²) in [6, 6.07) is -0.765. The summed E-state index contributed by atoms with van der Waals surface area (Å²) in [7, 11) is 1.62. The predicted octanol–water partition coefficient (Wildman–Crippen LogP) is 21.9. The molecule has 3 unspecified atom stereocenters. The van der Waals surface area contributed by atoms with Crippen molar-refractivity contribution in [3.63, 3.8) is 0 Å². The Balaban J connectivity index is 4.03. The molecule has 9 heteroatoms. The van der Waals surface area contributed by atoms with E-state index in [2.05, 4.69) is 104 Å². The van der Waals surface area contributed by atoms with E-state index in [4.69, 9.17) is 9.05 Å². The van der Waals surface area contributed by atoms with Crippen LogP contribution < -0.4 is 5.32 Å². The number of rotatable bonds is 63. The van der Waals surface area contributed by atoms with Crippen molar-refractivity contribution < 1.29 is 32.9 Å². The Morgan fingerprint density at radius 3 is 1.09 bits per heavy atom. The molecule has 0 aromatic carbocycles. The first kappa shape index (κ1) is 78.7. The standard InChI is InChI=1S/C72H133N2O6P/c1-6-8-10-12-14-16-18-20-22-24-26-28-30-31-32-33-34-35-36-37-38-39-40-41-42-43-44-46-48-50-52-54-56-58-60-62-64-66-72(76)73-70(69-80-81(77,78)79-68-67-74(3,4)5)71(75)65-63-61-59-57-55-53-51-49-47-45-29-27-25-23-21-19-17-15-13-11-9-7-2/h8,10,14,16,20,22,26,28,31-32,34-35,37-38,70-71,75H,6-7,9,11-13,15,17-19,21,23-25,27,29-30,33,36,39-69H2,1-5H3,(H-,73,76,77,78)/p+1/b10-8-,16-14-,22-20-,28-26-,32-31-,35-34-,38-37-. The molecule has 0 fully saturated rings. The van der Waals surface area contributed by atoms with E-state index in [1.54, 1.807) is 0 Å². The summed E-state index contributed by atoms with van der Waals surface area (Å²) in [6.45, 7) is 4.81. The van der Waals surface area contributed by atoms with Crippen molar-refractivity contribution in [1.82, 2.24) is 5.32 Å². The highest BCUT2D eigenvalue weighted by Crippen LogP contribution is 2.43. The number of carbonyl (C=O) groups is 1. The van der Waals surface area contributed by atoms with Crippen LogP contribution >= 0.6 is 7.82 Å². The average molecular weight is 1150 g/mol. The Morgan fingerprint density at radius 1 is 0.432 bits per heavy atom. The molecule has 3 N–H and O–H groups in total. The average Bonchev–Trinajstić information content (AvgIpc) is 3.43. The molecule has 1 amide bonds. The van der Waals surface area contributed by atoms with E-state index >= 15 is 0 Å². The molecule has 0 saturated carbocycles. The fourth-order valence-corrected chi connectivity index (χ4v) is 10.8. The minimum atomic E-state index is -4.33. The highest BCUT2D eigenvalue weighted by Gasteiger charge is 2.28. The number of unbranched alkanes of at least 4 members (excludes halogenated alkanes) is 36. The number of allylic oxidation sites excluding steroid dienone is 14. The molecule has 472 valence electrons. The third-order valence-corrected chi connectivity index (χ3v) is 16.4. The van der Waals surface area contributed by atoms with Crippen LogP contribution in [0.1, 0.15) is 316 Å². The maximum absolute atomic E-state index is 13.1. The predicted molar refractivity (Wildman–Crippen MR) is 355 cm³/mol. The van der Waals surface area contributed by atoms with Gasteiger partial charge in [0.25, 0.3) is 0 Å². The summed E-state index contributed by atoms with van der Waals surface area (Å²) < 4.78 is 23.9. The van der Waals surface area contributed by atoms with E-state index < -0.39 is 20.0 Å². The van der Waals surface area contributed by atoms with Gasteiger partial charge >= 0.3 is 7.82 Å². The molecule has 0 aliphatic carbocycles. The molecule has 0 rings (SSSR count). The van der Waals surface area contributed by atoms with Crippen LogP contribution in [0.15, 0.2) is 85.1 Å². The van der Waals surface area contributed by atoms with Crippen LogP contribution in [0.2, 0.25) is 0 Å². The molecule has 81 heavy (non-hydrogen) atoms. The number of hydrogen-bond donors (Lipinski definition) is 3. The summed E-state index contributed by atoms with van der Waals surface area (Å²) in [6.07, 6.45) is 88.1. The van der Waals surface area contributed by atoms with Crippen LogP contribution in [0.25, 0.3) is 0 Å². The van der Waals surface area contributed by atoms with Crippen molar-refractivity contribution >= 4 is 13.7 Å². The second-order valence-electron chi connectivity index (χ2n) is 24.5. The zero-order valence-corrected chi connectivity index (χ0v) is 54.9. The summed E-state index contributed by atoms with van der Waals surface area (Å²) >= 11 is 0. The molecular weight excluding hydrogens is 1020 g/mol. The first-order valence-electron chi connectivity index (χ1n) is 34.5. The number of aliphatic hydroxyl groups excluding tert-OH is 1. The molecule has 0 aromatic rings. The van der Waals surface area contributed by atoms with E-state index in [1.165, 1.54) is 205 Å². The molecule has 8 nitrogen and oxygen atoms in total. The number of phosphoric acid groups is 1. The Labute approximate surface area is 503 Å². The van der Waals surface area contributed by atoms with Crippen LogP contribution in [0.3, 0.4) is 0 Å². The summed E-state index contributed by atoms with van der Waals surface area (Å²) in [5.74, 6) is -0.143. The minimum Gasteiger partial charge on any atom is -0.391 e. The molecule has 0 aromatic heterocycles. The molecule has 3 atom stereocenters. The molecule has 0 spiro atoms. The fourth-order valence-electron chi connectivity index (χ4n) is 10.1. The van der Waals surface area contributed by atoms with E-state index in [9.17, 15) is 19.4 Å². The van der Waals surface area contributed by atoms with Crippen LogP contribution in [-0.2, 0) is 18.4 Å². The maximum Gasteiger partial charge on any atom is 0.472 e. The number of aliphatic hydroxyl groups is 1. The van der Waals surface area contributed by atoms with Gasteiger partial charge in [0.1, 0.15) is 13.2 Å². The van der Waals surface area contributed by atoms with Gasteiger partial charge in [-0.1, -0.05) is 324 Å². The summed E-state index contributed by atoms with van der Waals surface area (Å²) in [5, 5.41) is 14.1. The Kier molecular flexibility index (Phi) is 60.4. The third-order valence-electron chi connectivity index (χ3n) is 15.4. The van der Waals surface area contributed by atoms with Crippen molar-refractivity contribution in [2.45, 2.75) is 328 Å². The van der Waals surface area contributed by atoms with Crippen molar-refractivity contribution in [2.24, 2.45) is 0 Å². The third kappa shape index (κ3) is 65.1. The number of phosphoric ester groups is 1. The number of quaternary nitrogens is 1. The Hall–Kier alpha value is -2.32. The van der Waals surface area contributed by atoms with Crippen LogP contribution in [0, 0.1) is 0 Å². The lowest BCUT2D eigenvalue weighted by molar-refractivity contribution is -0.870. The van der Waals surface area contributed by atoms with Gasteiger partial charge in [0.05, 0.1) is 39.9 Å². The van der Waals surface area contributed by atoms with E-state index in [1.807, 2.05) is 21.1 Å². The van der Waals surface area contributed by atoms with E-state index in [0.29, 0.717) is 23.9 Å². The normalized spacial score (nSPS) is 14.2. The minimum absolute atomic E-state index is 0.0734. The highest BCUT2D eigenvalue weighted by atomic mass is 31.2. The fraction of sp³-hybridized carbons (Fsp3) is 0.792. The largest absolute Gasteiger partial charge is 0.472 e. The zero-order valence-electron chi connectivity index (χ0n) is 54.0. The number of carbonyl (C=O) groups excluding carboxylic acids is 1. The van der Waals surface area contributed by atoms with Crippen molar-refractivity contribution in [1.29, 1.82) is 0 Å². The quantitative estimate of drug-likeness (QED) is 0.0243. The van der Waals surface area contributed by atoms with Gasteiger partial charge < -0.3 is 19.8 Å². The topological polar surface area (TPSA) is 105 Å². The molecule has 0 saturated heterocycles. The summed E-state index contributed by atoms with van der Waals surface area (Å²) in [4.78, 5) is 23.4. The van der Waals surface area contributed by atoms with Gasteiger partial charge in [0, 0.05) is 6.42 Å². The molecule has 0 aliphatic heterocycles. The molecule has 0 aliphatic rings. The monoisotopic (exact) mass is 1150 g/mol. The number of nitrogens with one attached hydrogen (secondary N) is 1. The van der Waals surface area contributed by atoms with Crippen molar-refractivity contribution in [3.8, 4) is 0 Å². The molecule has 0 bridgehead atoms. The zero-order chi connectivity index (χ0) is 59.1. The van der Waals surface area contributed by atoms with Crippen molar-refractivity contribution in [3.05, 3.63) is 85.1 Å². The van der Waals surface area contributed by atoms with Crippen LogP contribution in [0.4, 0.5) is 0 Å². The van der Waals surface area contributed by atoms with Crippen LogP contribution in [0.5, 0.6) is 0 Å². The number of hydrogen-bond acceptors (Lipinski definition) is 5. The van der Waals surface area contributed by atoms with Gasteiger partial charge in [-0.3, -0.25) is 13.8 Å². The molecule has 0 radical (unpaired) electrons. The van der Waals surface area contributed by atoms with E-state index in [0.717, 1.165) is 83.5 Å². The van der Waals surface area contributed by atoms with Gasteiger partial charge in [-0.2, -0.15) is 0 Å². The maximum atomic E-state index is 13.1. The lowest BCUT2D eigenvalue weighted by atomic mass is 10.0. The Morgan fingerprint density at radius 2 is 0.741 bits per heavy atom. The van der Waals surface area contributed by atoms with Crippen molar-refractivity contribution in [2.75, 3.05) is 40.9 Å². The smallest absolute Gasteiger partial charge is 0.391 e. The lowest BCUT2D eigenvalue weighted by Crippen LogP contribution is -2.46. The lowest BCUT2D eigenvalue weighted by Gasteiger charge is -2.26. The number of likely N-dealkylation sites (N-methyl/N-ethyl adjacent to an activating group) is 1. The second kappa shape index (κ2) is 62.2. The number of amides is 1. The van der Waals surface area contributed by atoms with Gasteiger partial charge in [0.15, 0.2) is 0 Å². The molecular formula is C72H134N2O6P+. The first-order valence-corrected chi connectivity index (χ1v) is 35.9. The Bertz CT molecular complexity index is 1600. The van der Waals surface area contributed by atoms with E-state index in [-0.39, 0.29) is 19.1 Å². The van der Waals surface area contributed by atoms with Gasteiger partial charge in [0.2, 0.25) is 5.91 Å². The van der Waals surface area contributed by atoms with Crippen LogP contribution in [-0.4, -0.2) is 73.4 Å². The summed E-state index contributed by atoms with van der Waals surface area (Å²) in [5.41, 5.74) is 0. The highest BCUT2D eigenvalue weighted by molar-refractivity contribution is 7.47. The first-order chi connectivity index (χ1) is 39.5. The van der Waals surface area contributed by atoms with Gasteiger partial charge in [-0.25, -0.2) is 4.57 Å².